The first-order valence-corrected chi connectivity index (χ1v) is 6.87. The van der Waals surface area contributed by atoms with Gasteiger partial charge < -0.3 is 40.1 Å². The summed E-state index contributed by atoms with van der Waals surface area (Å²) in [6, 6.07) is 4.07. The van der Waals surface area contributed by atoms with Gasteiger partial charge in [0, 0.05) is 0 Å². The molecule has 1 aliphatic heterocycles. The Morgan fingerprint density at radius 3 is 2.45 bits per heavy atom. The third-order valence-electron chi connectivity index (χ3n) is 3.57. The number of rotatable bonds is 5. The zero-order valence-corrected chi connectivity index (χ0v) is 11.7. The van der Waals surface area contributed by atoms with Crippen molar-refractivity contribution in [3.63, 3.8) is 0 Å². The van der Waals surface area contributed by atoms with E-state index in [-0.39, 0.29) is 24.5 Å². The van der Waals surface area contributed by atoms with Crippen molar-refractivity contribution in [2.45, 2.75) is 37.1 Å². The van der Waals surface area contributed by atoms with Gasteiger partial charge in [-0.3, -0.25) is 0 Å². The minimum atomic E-state index is -1.50. The van der Waals surface area contributed by atoms with Gasteiger partial charge in [0.05, 0.1) is 13.2 Å². The number of aliphatic hydroxyl groups excluding tert-OH is 4. The van der Waals surface area contributed by atoms with Gasteiger partial charge in [-0.15, -0.1) is 0 Å². The van der Waals surface area contributed by atoms with Gasteiger partial charge >= 0.3 is 0 Å². The van der Waals surface area contributed by atoms with Crippen LogP contribution in [0.3, 0.4) is 0 Å². The first-order chi connectivity index (χ1) is 10.4. The van der Waals surface area contributed by atoms with Crippen molar-refractivity contribution in [1.82, 2.24) is 0 Å². The van der Waals surface area contributed by atoms with E-state index in [1.807, 2.05) is 0 Å². The fraction of sp³-hybridized carbons (Fsp3) is 0.571. The summed E-state index contributed by atoms with van der Waals surface area (Å²) >= 11 is 0. The van der Waals surface area contributed by atoms with Crippen LogP contribution in [0.25, 0.3) is 0 Å². The fourth-order valence-electron chi connectivity index (χ4n) is 2.26. The van der Waals surface area contributed by atoms with Crippen LogP contribution in [0.2, 0.25) is 0 Å². The lowest BCUT2D eigenvalue weighted by Crippen LogP contribution is -2.59. The molecule has 1 fully saturated rings. The summed E-state index contributed by atoms with van der Waals surface area (Å²) in [7, 11) is 0. The highest BCUT2D eigenvalue weighted by atomic mass is 16.7. The molecule has 8 nitrogen and oxygen atoms in total. The minimum Gasteiger partial charge on any atom is -0.508 e. The van der Waals surface area contributed by atoms with Gasteiger partial charge in [0.15, 0.2) is 6.29 Å². The number of phenols is 2. The Hall–Kier alpha value is -1.42. The van der Waals surface area contributed by atoms with E-state index in [1.165, 1.54) is 18.2 Å². The maximum Gasteiger partial charge on any atom is 0.186 e. The topological polar surface area (TPSA) is 140 Å². The summed E-state index contributed by atoms with van der Waals surface area (Å²) in [5.74, 6) is -0.00385. The van der Waals surface area contributed by atoms with Gasteiger partial charge in [-0.1, -0.05) is 0 Å². The number of benzene rings is 1. The van der Waals surface area contributed by atoms with Crippen LogP contribution < -0.4 is 0 Å². The number of phenolic OH excluding ortho intramolecular Hbond substituents is 2. The third-order valence-corrected chi connectivity index (χ3v) is 3.57. The summed E-state index contributed by atoms with van der Waals surface area (Å²) in [6.07, 6.45) is -6.40. The lowest BCUT2D eigenvalue weighted by Gasteiger charge is -2.39. The molecule has 0 amide bonds. The van der Waals surface area contributed by atoms with E-state index < -0.39 is 37.3 Å². The molecule has 5 atom stereocenters. The highest BCUT2D eigenvalue weighted by Gasteiger charge is 2.43. The molecule has 22 heavy (non-hydrogen) atoms. The Morgan fingerprint density at radius 1 is 1.05 bits per heavy atom. The van der Waals surface area contributed by atoms with E-state index in [2.05, 4.69) is 0 Å². The average molecular weight is 316 g/mol. The largest absolute Gasteiger partial charge is 0.508 e. The Bertz CT molecular complexity index is 492. The van der Waals surface area contributed by atoms with Crippen molar-refractivity contribution in [3.8, 4) is 11.5 Å². The molecule has 0 unspecified atom stereocenters. The summed E-state index contributed by atoms with van der Waals surface area (Å²) < 4.78 is 10.5. The highest BCUT2D eigenvalue weighted by molar-refractivity contribution is 5.38. The lowest BCUT2D eigenvalue weighted by molar-refractivity contribution is -0.300. The van der Waals surface area contributed by atoms with Crippen LogP contribution >= 0.6 is 0 Å². The molecule has 0 spiro atoms. The molecule has 0 aliphatic carbocycles. The molecule has 0 radical (unpaired) electrons. The van der Waals surface area contributed by atoms with Crippen LogP contribution in [0.5, 0.6) is 11.5 Å². The summed E-state index contributed by atoms with van der Waals surface area (Å²) in [5.41, 5.74) is 0.449. The van der Waals surface area contributed by atoms with Crippen molar-refractivity contribution in [2.24, 2.45) is 0 Å². The van der Waals surface area contributed by atoms with Gasteiger partial charge in [0.2, 0.25) is 0 Å². The average Bonchev–Trinajstić information content (AvgIpc) is 2.50. The number of aromatic hydroxyl groups is 2. The highest BCUT2D eigenvalue weighted by Crippen LogP contribution is 2.24. The van der Waals surface area contributed by atoms with Crippen LogP contribution in [0, 0.1) is 0 Å². The van der Waals surface area contributed by atoms with Crippen LogP contribution in [-0.4, -0.2) is 74.6 Å². The second-order valence-electron chi connectivity index (χ2n) is 5.13. The maximum absolute atomic E-state index is 9.79. The van der Waals surface area contributed by atoms with E-state index >= 15 is 0 Å². The molecule has 0 saturated carbocycles. The number of aliphatic hydroxyl groups is 4. The normalized spacial score (nSPS) is 32.1. The Labute approximate surface area is 126 Å². The number of hydrogen-bond donors (Lipinski definition) is 6. The molecule has 8 heteroatoms. The molecular formula is C14H20O8. The molecule has 1 aliphatic rings. The monoisotopic (exact) mass is 316 g/mol. The van der Waals surface area contributed by atoms with Crippen molar-refractivity contribution < 1.29 is 40.1 Å². The Kier molecular flexibility index (Phi) is 5.57. The second kappa shape index (κ2) is 7.23. The summed E-state index contributed by atoms with van der Waals surface area (Å²) in [4.78, 5) is 0. The van der Waals surface area contributed by atoms with Crippen molar-refractivity contribution in [2.75, 3.05) is 13.2 Å². The van der Waals surface area contributed by atoms with Crippen molar-refractivity contribution in [1.29, 1.82) is 0 Å². The zero-order chi connectivity index (χ0) is 16.3. The molecule has 0 aromatic heterocycles. The Morgan fingerprint density at radius 2 is 1.77 bits per heavy atom. The second-order valence-corrected chi connectivity index (χ2v) is 5.13. The molecule has 1 aromatic rings. The predicted molar refractivity (Wildman–Crippen MR) is 73.2 cm³/mol. The van der Waals surface area contributed by atoms with Crippen LogP contribution in [-0.2, 0) is 15.9 Å². The smallest absolute Gasteiger partial charge is 0.186 e. The number of hydrogen-bond acceptors (Lipinski definition) is 8. The van der Waals surface area contributed by atoms with E-state index in [1.54, 1.807) is 0 Å². The Balaban J connectivity index is 1.91. The maximum atomic E-state index is 9.79. The van der Waals surface area contributed by atoms with E-state index in [4.69, 9.17) is 14.6 Å². The molecule has 1 saturated heterocycles. The van der Waals surface area contributed by atoms with Crippen molar-refractivity contribution in [3.05, 3.63) is 23.8 Å². The third kappa shape index (κ3) is 3.67. The molecule has 0 bridgehead atoms. The van der Waals surface area contributed by atoms with E-state index in [0.29, 0.717) is 5.56 Å². The molecule has 2 rings (SSSR count). The van der Waals surface area contributed by atoms with E-state index in [0.717, 1.165) is 0 Å². The summed E-state index contributed by atoms with van der Waals surface area (Å²) in [6.45, 7) is -0.502. The van der Waals surface area contributed by atoms with Gasteiger partial charge in [-0.25, -0.2) is 0 Å². The van der Waals surface area contributed by atoms with Crippen LogP contribution in [0.15, 0.2) is 18.2 Å². The van der Waals surface area contributed by atoms with Crippen molar-refractivity contribution >= 4 is 0 Å². The van der Waals surface area contributed by atoms with Gasteiger partial charge in [-0.05, 0) is 30.2 Å². The summed E-state index contributed by atoms with van der Waals surface area (Å²) in [5, 5.41) is 57.1. The van der Waals surface area contributed by atoms with Gasteiger partial charge in [-0.2, -0.15) is 0 Å². The first-order valence-electron chi connectivity index (χ1n) is 6.87. The molecular weight excluding hydrogens is 296 g/mol. The molecule has 1 aromatic carbocycles. The lowest BCUT2D eigenvalue weighted by atomic mass is 9.99. The fourth-order valence-corrected chi connectivity index (χ4v) is 2.26. The zero-order valence-electron chi connectivity index (χ0n) is 11.7. The quantitative estimate of drug-likeness (QED) is 0.359. The predicted octanol–water partition coefficient (Wildman–Crippen LogP) is -1.54. The van der Waals surface area contributed by atoms with Crippen LogP contribution in [0.4, 0.5) is 0 Å². The standard InChI is InChI=1S/C14H20O8/c15-6-10-11(18)12(19)13(20)14(22-10)21-4-3-7-5-8(16)1-2-9(7)17/h1-2,5,10-20H,3-4,6H2/t10-,11-,12+,13-,14+/m0/s1. The first kappa shape index (κ1) is 16.9. The number of ether oxygens (including phenoxy) is 2. The molecule has 6 N–H and O–H groups in total. The molecule has 124 valence electrons. The SMILES string of the molecule is OC[C@@H]1O[C@@H](OCCc2cc(O)ccc2O)[C@@H](O)[C@H](O)[C@H]1O. The molecule has 1 heterocycles. The van der Waals surface area contributed by atoms with Gasteiger partial charge in [0.1, 0.15) is 35.9 Å². The minimum absolute atomic E-state index is 0.000593. The van der Waals surface area contributed by atoms with E-state index in [9.17, 15) is 25.5 Å². The van der Waals surface area contributed by atoms with Crippen LogP contribution in [0.1, 0.15) is 5.56 Å². The van der Waals surface area contributed by atoms with Gasteiger partial charge in [0.25, 0.3) is 0 Å².